The van der Waals surface area contributed by atoms with Crippen LogP contribution >= 0.6 is 11.6 Å². The zero-order valence-electron chi connectivity index (χ0n) is 17.4. The van der Waals surface area contributed by atoms with Gasteiger partial charge in [-0.05, 0) is 55.3 Å². The van der Waals surface area contributed by atoms with Gasteiger partial charge < -0.3 is 18.4 Å². The molecular formula is C23H19ClN2O6. The molecule has 0 aliphatic carbocycles. The number of benzene rings is 2. The zero-order chi connectivity index (χ0) is 22.7. The van der Waals surface area contributed by atoms with Crippen LogP contribution in [-0.2, 0) is 22.6 Å². The lowest BCUT2D eigenvalue weighted by atomic mass is 10.0. The second-order valence-corrected chi connectivity index (χ2v) is 7.47. The number of aryl methyl sites for hydroxylation is 1. The molecule has 2 heterocycles. The first-order chi connectivity index (χ1) is 15.4. The highest BCUT2D eigenvalue weighted by molar-refractivity contribution is 6.30. The molecule has 0 fully saturated rings. The highest BCUT2D eigenvalue weighted by atomic mass is 35.5. The number of rotatable bonds is 7. The summed E-state index contributed by atoms with van der Waals surface area (Å²) in [7, 11) is 1.54. The van der Waals surface area contributed by atoms with Crippen molar-refractivity contribution >= 4 is 28.5 Å². The number of hydrogen-bond donors (Lipinski definition) is 0. The van der Waals surface area contributed by atoms with Crippen LogP contribution < -0.4 is 10.4 Å². The van der Waals surface area contributed by atoms with Crippen LogP contribution in [0.4, 0.5) is 0 Å². The van der Waals surface area contributed by atoms with E-state index in [1.54, 1.807) is 43.5 Å². The molecule has 0 N–H and O–H groups in total. The topological polar surface area (TPSA) is 105 Å². The third-order valence-corrected chi connectivity index (χ3v) is 5.25. The summed E-state index contributed by atoms with van der Waals surface area (Å²) in [5, 5.41) is 5.25. The number of esters is 1. The average molecular weight is 455 g/mol. The minimum atomic E-state index is -0.495. The first-order valence-electron chi connectivity index (χ1n) is 9.79. The molecule has 4 rings (SSSR count). The van der Waals surface area contributed by atoms with Crippen molar-refractivity contribution in [1.29, 1.82) is 0 Å². The Balaban J connectivity index is 1.38. The monoisotopic (exact) mass is 454 g/mol. The van der Waals surface area contributed by atoms with Gasteiger partial charge in [-0.3, -0.25) is 4.79 Å². The van der Waals surface area contributed by atoms with Gasteiger partial charge in [0.1, 0.15) is 11.3 Å². The molecule has 0 saturated heterocycles. The van der Waals surface area contributed by atoms with Gasteiger partial charge in [-0.2, -0.15) is 4.98 Å². The molecule has 0 saturated carbocycles. The number of methoxy groups -OCH3 is 1. The van der Waals surface area contributed by atoms with E-state index in [9.17, 15) is 9.59 Å². The van der Waals surface area contributed by atoms with E-state index in [0.29, 0.717) is 27.7 Å². The summed E-state index contributed by atoms with van der Waals surface area (Å²) in [6.07, 6.45) is 0.195. The number of ether oxygens (including phenoxy) is 2. The van der Waals surface area contributed by atoms with Gasteiger partial charge in [0.15, 0.2) is 6.61 Å². The molecule has 0 spiro atoms. The van der Waals surface area contributed by atoms with Crippen molar-refractivity contribution in [3.63, 3.8) is 0 Å². The van der Waals surface area contributed by atoms with Crippen LogP contribution in [0.2, 0.25) is 5.02 Å². The van der Waals surface area contributed by atoms with Crippen LogP contribution in [0.5, 0.6) is 5.75 Å². The molecule has 8 nitrogen and oxygen atoms in total. The van der Waals surface area contributed by atoms with E-state index < -0.39 is 11.6 Å². The summed E-state index contributed by atoms with van der Waals surface area (Å²) in [6, 6.07) is 12.2. The summed E-state index contributed by atoms with van der Waals surface area (Å²) in [5.41, 5.74) is 1.87. The van der Waals surface area contributed by atoms with Gasteiger partial charge in [0, 0.05) is 34.0 Å². The number of nitrogens with zero attached hydrogens (tertiary/aromatic N) is 2. The van der Waals surface area contributed by atoms with Gasteiger partial charge in [0.2, 0.25) is 5.82 Å². The van der Waals surface area contributed by atoms with Crippen LogP contribution in [0.1, 0.15) is 23.4 Å². The largest absolute Gasteiger partial charge is 0.497 e. The minimum absolute atomic E-state index is 0.00540. The first-order valence-corrected chi connectivity index (χ1v) is 10.2. The van der Waals surface area contributed by atoms with Gasteiger partial charge >= 0.3 is 11.6 Å². The lowest BCUT2D eigenvalue weighted by molar-refractivity contribution is -0.145. The van der Waals surface area contributed by atoms with E-state index in [1.165, 1.54) is 0 Å². The number of carbonyl (C=O) groups excluding carboxylic acids is 1. The number of halogens is 1. The normalized spacial score (nSPS) is 11.0. The van der Waals surface area contributed by atoms with E-state index in [0.717, 1.165) is 16.5 Å². The summed E-state index contributed by atoms with van der Waals surface area (Å²) < 4.78 is 20.9. The van der Waals surface area contributed by atoms with Gasteiger partial charge in [0.25, 0.3) is 5.89 Å². The Morgan fingerprint density at radius 3 is 2.69 bits per heavy atom. The molecule has 0 unspecified atom stereocenters. The van der Waals surface area contributed by atoms with Gasteiger partial charge in [0.05, 0.1) is 7.11 Å². The van der Waals surface area contributed by atoms with E-state index in [4.69, 9.17) is 30.0 Å². The second-order valence-electron chi connectivity index (χ2n) is 7.03. The Kier molecular flexibility index (Phi) is 6.23. The second kappa shape index (κ2) is 9.23. The van der Waals surface area contributed by atoms with Crippen LogP contribution in [0.3, 0.4) is 0 Å². The van der Waals surface area contributed by atoms with Crippen molar-refractivity contribution < 1.29 is 23.2 Å². The molecule has 0 atom stereocenters. The Morgan fingerprint density at radius 1 is 1.16 bits per heavy atom. The van der Waals surface area contributed by atoms with Gasteiger partial charge in [-0.25, -0.2) is 4.79 Å². The first kappa shape index (κ1) is 21.6. The third kappa shape index (κ3) is 4.65. The molecule has 0 aliphatic rings. The standard InChI is InChI=1S/C23H19ClN2O6/c1-13-17-8-7-16(29-2)11-19(17)31-23(28)18(13)9-10-21(27)30-12-20-25-22(26-32-20)14-3-5-15(24)6-4-14/h3-8,11H,9-10,12H2,1-2H3. The quantitative estimate of drug-likeness (QED) is 0.297. The van der Waals surface area contributed by atoms with Crippen LogP contribution in [0.15, 0.2) is 56.2 Å². The zero-order valence-corrected chi connectivity index (χ0v) is 18.1. The van der Waals surface area contributed by atoms with Crippen molar-refractivity contribution in [1.82, 2.24) is 10.1 Å². The molecule has 9 heteroatoms. The average Bonchev–Trinajstić information content (AvgIpc) is 3.26. The van der Waals surface area contributed by atoms with Crippen molar-refractivity contribution in [3.05, 3.63) is 74.9 Å². The summed E-state index contributed by atoms with van der Waals surface area (Å²) >= 11 is 5.87. The smallest absolute Gasteiger partial charge is 0.339 e. The predicted octanol–water partition coefficient (Wildman–Crippen LogP) is 4.49. The molecule has 0 radical (unpaired) electrons. The van der Waals surface area contributed by atoms with Crippen molar-refractivity contribution in [2.75, 3.05) is 7.11 Å². The molecule has 2 aromatic heterocycles. The Labute approximate surface area is 187 Å². The summed E-state index contributed by atoms with van der Waals surface area (Å²) in [5.74, 6) is 0.633. The van der Waals surface area contributed by atoms with E-state index >= 15 is 0 Å². The maximum absolute atomic E-state index is 12.4. The Bertz CT molecular complexity index is 1330. The minimum Gasteiger partial charge on any atom is -0.497 e. The van der Waals surface area contributed by atoms with E-state index in [-0.39, 0.29) is 25.3 Å². The SMILES string of the molecule is COc1ccc2c(C)c(CCC(=O)OCc3nc(-c4ccc(Cl)cc4)no3)c(=O)oc2c1. The molecule has 2 aromatic carbocycles. The number of fused-ring (bicyclic) bond motifs is 1. The lowest BCUT2D eigenvalue weighted by Crippen LogP contribution is -2.14. The molecule has 164 valence electrons. The molecule has 0 aliphatic heterocycles. The van der Waals surface area contributed by atoms with Gasteiger partial charge in [-0.15, -0.1) is 0 Å². The third-order valence-electron chi connectivity index (χ3n) is 5.00. The Morgan fingerprint density at radius 2 is 1.94 bits per heavy atom. The van der Waals surface area contributed by atoms with Crippen molar-refractivity contribution in [2.24, 2.45) is 0 Å². The maximum Gasteiger partial charge on any atom is 0.339 e. The highest BCUT2D eigenvalue weighted by Crippen LogP contribution is 2.24. The Hall–Kier alpha value is -3.65. The number of carbonyl (C=O) groups is 1. The van der Waals surface area contributed by atoms with Crippen LogP contribution in [-0.4, -0.2) is 23.2 Å². The summed E-state index contributed by atoms with van der Waals surface area (Å²) in [4.78, 5) is 28.8. The lowest BCUT2D eigenvalue weighted by Gasteiger charge is -2.08. The highest BCUT2D eigenvalue weighted by Gasteiger charge is 2.15. The predicted molar refractivity (Wildman–Crippen MR) is 117 cm³/mol. The molecule has 0 amide bonds. The molecular weight excluding hydrogens is 436 g/mol. The van der Waals surface area contributed by atoms with Crippen LogP contribution in [0, 0.1) is 6.92 Å². The fourth-order valence-electron chi connectivity index (χ4n) is 3.26. The van der Waals surface area contributed by atoms with Crippen LogP contribution in [0.25, 0.3) is 22.4 Å². The number of hydrogen-bond acceptors (Lipinski definition) is 8. The number of aromatic nitrogens is 2. The molecule has 4 aromatic rings. The van der Waals surface area contributed by atoms with E-state index in [1.807, 2.05) is 13.0 Å². The maximum atomic E-state index is 12.4. The molecule has 0 bridgehead atoms. The van der Waals surface area contributed by atoms with Gasteiger partial charge in [-0.1, -0.05) is 16.8 Å². The van der Waals surface area contributed by atoms with Crippen molar-refractivity contribution in [2.45, 2.75) is 26.4 Å². The molecule has 32 heavy (non-hydrogen) atoms. The van der Waals surface area contributed by atoms with E-state index in [2.05, 4.69) is 10.1 Å². The fourth-order valence-corrected chi connectivity index (χ4v) is 3.39. The fraction of sp³-hybridized carbons (Fsp3) is 0.217. The van der Waals surface area contributed by atoms with Crippen molar-refractivity contribution in [3.8, 4) is 17.1 Å². The summed E-state index contributed by atoms with van der Waals surface area (Å²) in [6.45, 7) is 1.66.